The fourth-order valence-corrected chi connectivity index (χ4v) is 1.88. The SMILES string of the molecule is CCC(=O)NOCc1c(C(F)F)cccc1-n1nnn(C)c1=O. The van der Waals surface area contributed by atoms with Crippen LogP contribution in [-0.2, 0) is 23.3 Å². The van der Waals surface area contributed by atoms with Crippen LogP contribution in [0.2, 0.25) is 0 Å². The fourth-order valence-electron chi connectivity index (χ4n) is 1.88. The standard InChI is InChI=1S/C13H15F2N5O3/c1-3-11(21)16-23-7-9-8(12(14)15)5-4-6-10(9)20-13(22)19(2)17-18-20/h4-6,12H,3,7H2,1-2H3,(H,16,21). The first-order chi connectivity index (χ1) is 11.0. The first-order valence-electron chi connectivity index (χ1n) is 6.75. The van der Waals surface area contributed by atoms with Crippen molar-refractivity contribution in [3.63, 3.8) is 0 Å². The quantitative estimate of drug-likeness (QED) is 0.795. The highest BCUT2D eigenvalue weighted by molar-refractivity contribution is 5.74. The number of halogens is 2. The molecule has 1 aromatic heterocycles. The number of rotatable bonds is 6. The van der Waals surface area contributed by atoms with Crippen LogP contribution in [0.15, 0.2) is 23.0 Å². The third-order valence-electron chi connectivity index (χ3n) is 3.10. The summed E-state index contributed by atoms with van der Waals surface area (Å²) in [6, 6.07) is 4.05. The topological polar surface area (TPSA) is 91.0 Å². The number of hydrogen-bond donors (Lipinski definition) is 1. The van der Waals surface area contributed by atoms with Crippen LogP contribution in [0, 0.1) is 0 Å². The molecule has 1 aromatic carbocycles. The predicted molar refractivity (Wildman–Crippen MR) is 74.8 cm³/mol. The summed E-state index contributed by atoms with van der Waals surface area (Å²) in [6.07, 6.45) is -2.59. The van der Waals surface area contributed by atoms with Gasteiger partial charge in [-0.05, 0) is 16.5 Å². The van der Waals surface area contributed by atoms with Crippen molar-refractivity contribution in [1.29, 1.82) is 0 Å². The number of alkyl halides is 2. The lowest BCUT2D eigenvalue weighted by Crippen LogP contribution is -2.25. The van der Waals surface area contributed by atoms with Crippen LogP contribution in [0.3, 0.4) is 0 Å². The second-order valence-corrected chi connectivity index (χ2v) is 4.61. The average Bonchev–Trinajstić information content (AvgIpc) is 2.86. The number of carbonyl (C=O) groups excluding carboxylic acids is 1. The maximum absolute atomic E-state index is 13.2. The van der Waals surface area contributed by atoms with Gasteiger partial charge in [0.1, 0.15) is 6.61 Å². The molecule has 0 radical (unpaired) electrons. The first-order valence-corrected chi connectivity index (χ1v) is 6.75. The Morgan fingerprint density at radius 1 is 1.39 bits per heavy atom. The molecule has 0 saturated heterocycles. The van der Waals surface area contributed by atoms with Gasteiger partial charge in [0.25, 0.3) is 6.43 Å². The van der Waals surface area contributed by atoms with Gasteiger partial charge in [-0.15, -0.1) is 0 Å². The van der Waals surface area contributed by atoms with Gasteiger partial charge in [0, 0.05) is 24.6 Å². The fraction of sp³-hybridized carbons (Fsp3) is 0.385. The highest BCUT2D eigenvalue weighted by atomic mass is 19.3. The Balaban J connectivity index is 2.42. The lowest BCUT2D eigenvalue weighted by molar-refractivity contribution is -0.134. The van der Waals surface area contributed by atoms with Crippen molar-refractivity contribution in [2.45, 2.75) is 26.4 Å². The van der Waals surface area contributed by atoms with Crippen molar-refractivity contribution in [3.05, 3.63) is 39.8 Å². The number of aromatic nitrogens is 4. The average molecular weight is 327 g/mol. The molecule has 124 valence electrons. The summed E-state index contributed by atoms with van der Waals surface area (Å²) in [6.45, 7) is 1.28. The van der Waals surface area contributed by atoms with Crippen molar-refractivity contribution in [3.8, 4) is 5.69 Å². The summed E-state index contributed by atoms with van der Waals surface area (Å²) < 4.78 is 28.3. The minimum absolute atomic E-state index is 0.0431. The predicted octanol–water partition coefficient (Wildman–Crippen LogP) is 0.861. The van der Waals surface area contributed by atoms with Gasteiger partial charge in [-0.2, -0.15) is 9.36 Å². The zero-order valence-corrected chi connectivity index (χ0v) is 12.5. The van der Waals surface area contributed by atoms with E-state index in [1.165, 1.54) is 25.2 Å². The van der Waals surface area contributed by atoms with Gasteiger partial charge in [-0.1, -0.05) is 19.1 Å². The normalized spacial score (nSPS) is 11.0. The summed E-state index contributed by atoms with van der Waals surface area (Å²) in [4.78, 5) is 28.1. The monoisotopic (exact) mass is 327 g/mol. The summed E-state index contributed by atoms with van der Waals surface area (Å²) >= 11 is 0. The maximum atomic E-state index is 13.2. The number of tetrazole rings is 1. The third kappa shape index (κ3) is 3.59. The summed E-state index contributed by atoms with van der Waals surface area (Å²) in [7, 11) is 1.39. The van der Waals surface area contributed by atoms with Crippen molar-refractivity contribution in [1.82, 2.24) is 25.3 Å². The van der Waals surface area contributed by atoms with Crippen LogP contribution in [0.5, 0.6) is 0 Å². The molecule has 8 nitrogen and oxygen atoms in total. The van der Waals surface area contributed by atoms with Crippen LogP contribution in [-0.4, -0.2) is 25.7 Å². The molecule has 0 spiro atoms. The number of carbonyl (C=O) groups is 1. The summed E-state index contributed by atoms with van der Waals surface area (Å²) in [5, 5.41) is 7.18. The molecule has 23 heavy (non-hydrogen) atoms. The first kappa shape index (κ1) is 16.7. The molecule has 0 aliphatic carbocycles. The Morgan fingerprint density at radius 2 is 2.13 bits per heavy atom. The Labute approximate surface area is 129 Å². The van der Waals surface area contributed by atoms with Gasteiger partial charge >= 0.3 is 5.69 Å². The van der Waals surface area contributed by atoms with E-state index in [4.69, 9.17) is 4.84 Å². The van der Waals surface area contributed by atoms with E-state index in [0.29, 0.717) is 0 Å². The zero-order chi connectivity index (χ0) is 17.0. The van der Waals surface area contributed by atoms with E-state index < -0.39 is 18.0 Å². The number of aryl methyl sites for hydroxylation is 1. The molecule has 0 saturated carbocycles. The Morgan fingerprint density at radius 3 is 2.70 bits per heavy atom. The molecule has 1 heterocycles. The second-order valence-electron chi connectivity index (χ2n) is 4.61. The van der Waals surface area contributed by atoms with Crippen molar-refractivity contribution >= 4 is 5.91 Å². The molecule has 0 aliphatic rings. The largest absolute Gasteiger partial charge is 0.368 e. The molecule has 1 amide bonds. The van der Waals surface area contributed by atoms with E-state index in [1.54, 1.807) is 6.92 Å². The number of nitrogens with one attached hydrogen (secondary N) is 1. The van der Waals surface area contributed by atoms with Gasteiger partial charge in [-0.3, -0.25) is 9.63 Å². The molecule has 0 bridgehead atoms. The van der Waals surface area contributed by atoms with Crippen LogP contribution in [0.1, 0.15) is 30.9 Å². The summed E-state index contributed by atoms with van der Waals surface area (Å²) in [5.74, 6) is -0.391. The van der Waals surface area contributed by atoms with Gasteiger partial charge < -0.3 is 0 Å². The highest BCUT2D eigenvalue weighted by Crippen LogP contribution is 2.27. The van der Waals surface area contributed by atoms with Gasteiger partial charge in [0.15, 0.2) is 0 Å². The van der Waals surface area contributed by atoms with Crippen LogP contribution in [0.4, 0.5) is 8.78 Å². The van der Waals surface area contributed by atoms with E-state index in [9.17, 15) is 18.4 Å². The van der Waals surface area contributed by atoms with Crippen molar-refractivity contribution < 1.29 is 18.4 Å². The van der Waals surface area contributed by atoms with E-state index >= 15 is 0 Å². The molecular weight excluding hydrogens is 312 g/mol. The highest BCUT2D eigenvalue weighted by Gasteiger charge is 2.20. The molecule has 0 atom stereocenters. The molecule has 0 fully saturated rings. The van der Waals surface area contributed by atoms with Gasteiger partial charge in [0.05, 0.1) is 5.69 Å². The lowest BCUT2D eigenvalue weighted by atomic mass is 10.1. The van der Waals surface area contributed by atoms with E-state index in [1.807, 2.05) is 0 Å². The minimum atomic E-state index is -2.78. The number of hydroxylamine groups is 1. The molecule has 0 aliphatic heterocycles. The van der Waals surface area contributed by atoms with Crippen LogP contribution in [0.25, 0.3) is 5.69 Å². The molecule has 0 unspecified atom stereocenters. The Bertz CT molecular complexity index is 756. The van der Waals surface area contributed by atoms with Gasteiger partial charge in [0.2, 0.25) is 5.91 Å². The number of amides is 1. The second kappa shape index (κ2) is 7.09. The van der Waals surface area contributed by atoms with E-state index in [2.05, 4.69) is 15.9 Å². The Hall–Kier alpha value is -2.62. The molecule has 10 heteroatoms. The number of nitrogens with zero attached hydrogens (tertiary/aromatic N) is 4. The van der Waals surface area contributed by atoms with E-state index in [-0.39, 0.29) is 29.8 Å². The van der Waals surface area contributed by atoms with E-state index in [0.717, 1.165) is 9.36 Å². The number of benzene rings is 1. The molecule has 2 rings (SSSR count). The molecule has 1 N–H and O–H groups in total. The van der Waals surface area contributed by atoms with Gasteiger partial charge in [-0.25, -0.2) is 19.1 Å². The third-order valence-corrected chi connectivity index (χ3v) is 3.10. The molecule has 2 aromatic rings. The van der Waals surface area contributed by atoms with Crippen LogP contribution < -0.4 is 11.2 Å². The Kier molecular flexibility index (Phi) is 5.16. The lowest BCUT2D eigenvalue weighted by Gasteiger charge is -2.13. The molecular formula is C13H15F2N5O3. The number of hydrogen-bond acceptors (Lipinski definition) is 5. The summed E-state index contributed by atoms with van der Waals surface area (Å²) in [5.41, 5.74) is 1.39. The maximum Gasteiger partial charge on any atom is 0.368 e. The zero-order valence-electron chi connectivity index (χ0n) is 12.5. The minimum Gasteiger partial charge on any atom is -0.273 e. The van der Waals surface area contributed by atoms with Crippen LogP contribution >= 0.6 is 0 Å². The smallest absolute Gasteiger partial charge is 0.273 e. The van der Waals surface area contributed by atoms with Crippen molar-refractivity contribution in [2.75, 3.05) is 0 Å². The van der Waals surface area contributed by atoms with Crippen molar-refractivity contribution in [2.24, 2.45) is 7.05 Å².